The number of rotatable bonds is 5. The number of amides is 1. The molecule has 0 saturated heterocycles. The highest BCUT2D eigenvalue weighted by atomic mass is 32.1. The van der Waals surface area contributed by atoms with E-state index in [9.17, 15) is 9.59 Å². The summed E-state index contributed by atoms with van der Waals surface area (Å²) < 4.78 is 3.93. The van der Waals surface area contributed by atoms with Gasteiger partial charge in [-0.2, -0.15) is 4.37 Å². The van der Waals surface area contributed by atoms with Crippen molar-refractivity contribution >= 4 is 28.4 Å². The maximum atomic E-state index is 11.2. The number of hydrogen-bond acceptors (Lipinski definition) is 5. The highest BCUT2D eigenvalue weighted by Gasteiger charge is 2.17. The first-order valence-corrected chi connectivity index (χ1v) is 5.53. The summed E-state index contributed by atoms with van der Waals surface area (Å²) in [4.78, 5) is 22.1. The lowest BCUT2D eigenvalue weighted by molar-refractivity contribution is -0.119. The summed E-state index contributed by atoms with van der Waals surface area (Å²) in [6.07, 6.45) is 0. The number of nitrogens with one attached hydrogen (secondary N) is 2. The monoisotopic (exact) mass is 243 g/mol. The summed E-state index contributed by atoms with van der Waals surface area (Å²) in [5.41, 5.74) is 0.588. The standard InChI is InChI=1S/C9H13N3O3S/c1-3-10-6(13)4-11-8-7(9(14)15)5(2)12-16-8/h11H,3-4H2,1-2H3,(H,10,13)(H,14,15). The number of aromatic nitrogens is 1. The van der Waals surface area contributed by atoms with Crippen LogP contribution in [-0.4, -0.2) is 34.4 Å². The summed E-state index contributed by atoms with van der Waals surface area (Å²) in [7, 11) is 0. The molecule has 0 bridgehead atoms. The van der Waals surface area contributed by atoms with Crippen LogP contribution in [0.25, 0.3) is 0 Å². The van der Waals surface area contributed by atoms with Gasteiger partial charge in [-0.15, -0.1) is 0 Å². The number of aromatic carboxylic acids is 1. The molecule has 0 aliphatic rings. The lowest BCUT2D eigenvalue weighted by atomic mass is 10.2. The molecule has 1 aromatic heterocycles. The Morgan fingerprint density at radius 3 is 2.75 bits per heavy atom. The van der Waals surface area contributed by atoms with Gasteiger partial charge in [0.1, 0.15) is 10.6 Å². The summed E-state index contributed by atoms with van der Waals surface area (Å²) in [5, 5.41) is 14.7. The first kappa shape index (κ1) is 12.4. The molecule has 0 atom stereocenters. The van der Waals surface area contributed by atoms with E-state index in [2.05, 4.69) is 15.0 Å². The Labute approximate surface area is 96.8 Å². The van der Waals surface area contributed by atoms with Crippen molar-refractivity contribution < 1.29 is 14.7 Å². The third kappa shape index (κ3) is 2.93. The smallest absolute Gasteiger partial charge is 0.340 e. The molecule has 0 aliphatic heterocycles. The Hall–Kier alpha value is -1.63. The van der Waals surface area contributed by atoms with Gasteiger partial charge < -0.3 is 15.7 Å². The average Bonchev–Trinajstić information content (AvgIpc) is 2.57. The minimum absolute atomic E-state index is 0.0513. The lowest BCUT2D eigenvalue weighted by Gasteiger charge is -2.04. The van der Waals surface area contributed by atoms with Crippen molar-refractivity contribution in [1.29, 1.82) is 0 Å². The van der Waals surface area contributed by atoms with Crippen LogP contribution in [0.15, 0.2) is 0 Å². The first-order valence-electron chi connectivity index (χ1n) is 4.76. The quantitative estimate of drug-likeness (QED) is 0.708. The van der Waals surface area contributed by atoms with Gasteiger partial charge in [-0.25, -0.2) is 4.79 Å². The lowest BCUT2D eigenvalue weighted by Crippen LogP contribution is -2.29. The van der Waals surface area contributed by atoms with E-state index in [1.807, 2.05) is 6.92 Å². The zero-order valence-electron chi connectivity index (χ0n) is 9.03. The summed E-state index contributed by atoms with van der Waals surface area (Å²) >= 11 is 1.04. The number of hydrogen-bond donors (Lipinski definition) is 3. The molecular weight excluding hydrogens is 230 g/mol. The molecule has 1 amide bonds. The molecule has 0 aliphatic carbocycles. The SMILES string of the molecule is CCNC(=O)CNc1snc(C)c1C(=O)O. The molecule has 88 valence electrons. The van der Waals surface area contributed by atoms with Crippen LogP contribution in [0, 0.1) is 6.92 Å². The van der Waals surface area contributed by atoms with E-state index in [-0.39, 0.29) is 18.0 Å². The Balaban J connectivity index is 2.67. The highest BCUT2D eigenvalue weighted by Crippen LogP contribution is 2.23. The zero-order chi connectivity index (χ0) is 12.1. The van der Waals surface area contributed by atoms with Crippen LogP contribution < -0.4 is 10.6 Å². The normalized spacial score (nSPS) is 9.88. The van der Waals surface area contributed by atoms with Gasteiger partial charge in [0, 0.05) is 6.54 Å². The molecule has 0 unspecified atom stereocenters. The number of aryl methyl sites for hydroxylation is 1. The van der Waals surface area contributed by atoms with Gasteiger partial charge in [0.2, 0.25) is 5.91 Å². The van der Waals surface area contributed by atoms with Crippen LogP contribution in [0.3, 0.4) is 0 Å². The van der Waals surface area contributed by atoms with Gasteiger partial charge in [0.25, 0.3) is 0 Å². The number of carbonyl (C=O) groups excluding carboxylic acids is 1. The number of carboxylic acid groups (broad SMARTS) is 1. The van der Waals surface area contributed by atoms with Crippen molar-refractivity contribution in [3.8, 4) is 0 Å². The number of anilines is 1. The first-order chi connectivity index (χ1) is 7.56. The minimum Gasteiger partial charge on any atom is -0.478 e. The maximum absolute atomic E-state index is 11.2. The fraction of sp³-hybridized carbons (Fsp3) is 0.444. The summed E-state index contributed by atoms with van der Waals surface area (Å²) in [6.45, 7) is 4.04. The van der Waals surface area contributed by atoms with Gasteiger partial charge in [-0.05, 0) is 25.4 Å². The summed E-state index contributed by atoms with van der Waals surface area (Å²) in [5.74, 6) is -1.21. The van der Waals surface area contributed by atoms with Gasteiger partial charge >= 0.3 is 5.97 Å². The molecule has 1 rings (SSSR count). The zero-order valence-corrected chi connectivity index (χ0v) is 9.85. The minimum atomic E-state index is -1.04. The van der Waals surface area contributed by atoms with E-state index < -0.39 is 5.97 Å². The van der Waals surface area contributed by atoms with Crippen molar-refractivity contribution in [3.63, 3.8) is 0 Å². The molecule has 16 heavy (non-hydrogen) atoms. The van der Waals surface area contributed by atoms with Crippen LogP contribution in [-0.2, 0) is 4.79 Å². The maximum Gasteiger partial charge on any atom is 0.340 e. The third-order valence-corrected chi connectivity index (χ3v) is 2.76. The van der Waals surface area contributed by atoms with Crippen LogP contribution in [0.1, 0.15) is 23.0 Å². The second-order valence-electron chi connectivity index (χ2n) is 3.08. The van der Waals surface area contributed by atoms with Crippen molar-refractivity contribution in [3.05, 3.63) is 11.3 Å². The Morgan fingerprint density at radius 2 is 2.19 bits per heavy atom. The van der Waals surface area contributed by atoms with E-state index in [4.69, 9.17) is 5.11 Å². The second kappa shape index (κ2) is 5.45. The number of likely N-dealkylation sites (N-methyl/N-ethyl adjacent to an activating group) is 1. The van der Waals surface area contributed by atoms with E-state index in [1.165, 1.54) is 0 Å². The molecule has 6 nitrogen and oxygen atoms in total. The predicted molar refractivity (Wildman–Crippen MR) is 61.0 cm³/mol. The molecule has 7 heteroatoms. The fourth-order valence-electron chi connectivity index (χ4n) is 1.16. The van der Waals surface area contributed by atoms with E-state index >= 15 is 0 Å². The van der Waals surface area contributed by atoms with Gasteiger partial charge in [-0.1, -0.05) is 0 Å². The Bertz CT molecular complexity index is 403. The Morgan fingerprint density at radius 1 is 1.50 bits per heavy atom. The Kier molecular flexibility index (Phi) is 4.24. The number of carbonyl (C=O) groups is 2. The van der Waals surface area contributed by atoms with Crippen LogP contribution in [0.4, 0.5) is 5.00 Å². The predicted octanol–water partition coefficient (Wildman–Crippen LogP) is 0.698. The van der Waals surface area contributed by atoms with Crippen LogP contribution in [0.5, 0.6) is 0 Å². The largest absolute Gasteiger partial charge is 0.478 e. The molecule has 0 saturated carbocycles. The van der Waals surface area contributed by atoms with Gasteiger partial charge in [0.15, 0.2) is 0 Å². The van der Waals surface area contributed by atoms with E-state index in [0.717, 1.165) is 11.5 Å². The third-order valence-electron chi connectivity index (χ3n) is 1.86. The second-order valence-corrected chi connectivity index (χ2v) is 3.86. The molecule has 3 N–H and O–H groups in total. The molecule has 1 aromatic rings. The van der Waals surface area contributed by atoms with E-state index in [1.54, 1.807) is 6.92 Å². The molecule has 0 spiro atoms. The fourth-order valence-corrected chi connectivity index (χ4v) is 1.94. The topological polar surface area (TPSA) is 91.3 Å². The van der Waals surface area contributed by atoms with Gasteiger partial charge in [-0.3, -0.25) is 4.79 Å². The van der Waals surface area contributed by atoms with Crippen LogP contribution >= 0.6 is 11.5 Å². The van der Waals surface area contributed by atoms with Gasteiger partial charge in [0.05, 0.1) is 12.2 Å². The molecule has 0 fully saturated rings. The average molecular weight is 243 g/mol. The highest BCUT2D eigenvalue weighted by molar-refractivity contribution is 7.10. The van der Waals surface area contributed by atoms with Crippen molar-refractivity contribution in [1.82, 2.24) is 9.69 Å². The van der Waals surface area contributed by atoms with Crippen molar-refractivity contribution in [2.45, 2.75) is 13.8 Å². The molecular formula is C9H13N3O3S. The van der Waals surface area contributed by atoms with Crippen LogP contribution in [0.2, 0.25) is 0 Å². The van der Waals surface area contributed by atoms with Crippen molar-refractivity contribution in [2.75, 3.05) is 18.4 Å². The molecule has 0 radical (unpaired) electrons. The summed E-state index contributed by atoms with van der Waals surface area (Å²) in [6, 6.07) is 0. The number of nitrogens with zero attached hydrogens (tertiary/aromatic N) is 1. The van der Waals surface area contributed by atoms with E-state index in [0.29, 0.717) is 17.2 Å². The van der Waals surface area contributed by atoms with Crippen molar-refractivity contribution in [2.24, 2.45) is 0 Å². The molecule has 1 heterocycles. The number of carboxylic acids is 1. The molecule has 0 aromatic carbocycles.